The molecule has 2 unspecified atom stereocenters. The Morgan fingerprint density at radius 3 is 2.75 bits per heavy atom. The van der Waals surface area contributed by atoms with E-state index >= 15 is 0 Å². The molecule has 1 saturated heterocycles. The Bertz CT molecular complexity index is 390. The lowest BCUT2D eigenvalue weighted by Gasteiger charge is -2.15. The Hall–Kier alpha value is -0.660. The van der Waals surface area contributed by atoms with Crippen molar-refractivity contribution in [1.82, 2.24) is 4.72 Å². The third-order valence-electron chi connectivity index (χ3n) is 3.65. The zero-order valence-electron chi connectivity index (χ0n) is 12.0. The fourth-order valence-corrected chi connectivity index (χ4v) is 3.68. The molecule has 1 heterocycles. The quantitative estimate of drug-likeness (QED) is 0.636. The molecule has 1 rings (SSSR count). The number of rotatable bonds is 10. The van der Waals surface area contributed by atoms with Crippen LogP contribution in [-0.2, 0) is 19.6 Å². The molecule has 0 spiro atoms. The first-order valence-corrected chi connectivity index (χ1v) is 8.89. The van der Waals surface area contributed by atoms with E-state index in [-0.39, 0.29) is 24.2 Å². The predicted octanol–water partition coefficient (Wildman–Crippen LogP) is 1.37. The van der Waals surface area contributed by atoms with Crippen molar-refractivity contribution in [3.63, 3.8) is 0 Å². The van der Waals surface area contributed by atoms with E-state index in [2.05, 4.69) is 4.72 Å². The van der Waals surface area contributed by atoms with Crippen molar-refractivity contribution >= 4 is 16.0 Å². The van der Waals surface area contributed by atoms with Gasteiger partial charge in [0.25, 0.3) is 0 Å². The molecule has 1 aliphatic rings. The Kier molecular flexibility index (Phi) is 7.47. The topological polar surface area (TPSA) is 92.7 Å². The summed E-state index contributed by atoms with van der Waals surface area (Å²) < 4.78 is 31.6. The van der Waals surface area contributed by atoms with Gasteiger partial charge in [0.1, 0.15) is 0 Å². The van der Waals surface area contributed by atoms with Crippen LogP contribution in [0.2, 0.25) is 0 Å². The minimum atomic E-state index is -3.29. The molecule has 0 aliphatic carbocycles. The number of nitrogens with one attached hydrogen (secondary N) is 1. The fraction of sp³-hybridized carbons (Fsp3) is 0.923. The van der Waals surface area contributed by atoms with Crippen LogP contribution in [-0.4, -0.2) is 44.5 Å². The highest BCUT2D eigenvalue weighted by Crippen LogP contribution is 2.16. The van der Waals surface area contributed by atoms with Gasteiger partial charge in [0.2, 0.25) is 10.0 Å². The Balaban J connectivity index is 2.24. The van der Waals surface area contributed by atoms with Crippen LogP contribution in [0.15, 0.2) is 0 Å². The van der Waals surface area contributed by atoms with Gasteiger partial charge in [-0.15, -0.1) is 0 Å². The van der Waals surface area contributed by atoms with Gasteiger partial charge < -0.3 is 9.84 Å². The lowest BCUT2D eigenvalue weighted by Crippen LogP contribution is -2.33. The number of aliphatic carboxylic acids is 1. The molecule has 2 atom stereocenters. The van der Waals surface area contributed by atoms with Crippen molar-refractivity contribution in [2.24, 2.45) is 5.92 Å². The van der Waals surface area contributed by atoms with Crippen LogP contribution in [0.1, 0.15) is 45.4 Å². The second-order valence-corrected chi connectivity index (χ2v) is 7.16. The maximum Gasteiger partial charge on any atom is 0.303 e. The number of hydrogen-bond donors (Lipinski definition) is 2. The van der Waals surface area contributed by atoms with Crippen LogP contribution in [0.4, 0.5) is 0 Å². The Labute approximate surface area is 120 Å². The summed E-state index contributed by atoms with van der Waals surface area (Å²) in [7, 11) is -3.29. The van der Waals surface area contributed by atoms with Crippen LogP contribution >= 0.6 is 0 Å². The summed E-state index contributed by atoms with van der Waals surface area (Å²) in [5.74, 6) is -0.530. The molecular formula is C13H25NO5S. The van der Waals surface area contributed by atoms with E-state index in [1.165, 1.54) is 0 Å². The van der Waals surface area contributed by atoms with Crippen molar-refractivity contribution in [3.8, 4) is 0 Å². The van der Waals surface area contributed by atoms with Crippen molar-refractivity contribution in [1.29, 1.82) is 0 Å². The molecule has 7 heteroatoms. The Morgan fingerprint density at radius 2 is 2.20 bits per heavy atom. The molecular weight excluding hydrogens is 282 g/mol. The summed E-state index contributed by atoms with van der Waals surface area (Å²) in [5, 5.41) is 8.65. The van der Waals surface area contributed by atoms with Crippen LogP contribution < -0.4 is 4.72 Å². The smallest absolute Gasteiger partial charge is 0.303 e. The maximum atomic E-state index is 11.8. The second-order valence-electron chi connectivity index (χ2n) is 5.31. The standard InChI is InChI=1S/C13H25NO5S/c1-2-11(5-6-13(15)16)7-8-14-20(17,18)10-12-4-3-9-19-12/h11-12,14H,2-10H2,1H3,(H,15,16). The van der Waals surface area contributed by atoms with Crippen LogP contribution in [0.3, 0.4) is 0 Å². The first-order valence-electron chi connectivity index (χ1n) is 7.23. The SMILES string of the molecule is CCC(CCNS(=O)(=O)CC1CCCO1)CCC(=O)O. The number of ether oxygens (including phenoxy) is 1. The highest BCUT2D eigenvalue weighted by Gasteiger charge is 2.23. The minimum Gasteiger partial charge on any atom is -0.481 e. The highest BCUT2D eigenvalue weighted by atomic mass is 32.2. The molecule has 0 aromatic rings. The lowest BCUT2D eigenvalue weighted by atomic mass is 9.97. The highest BCUT2D eigenvalue weighted by molar-refractivity contribution is 7.89. The summed E-state index contributed by atoms with van der Waals surface area (Å²) in [6.07, 6.45) is 3.82. The van der Waals surface area contributed by atoms with Gasteiger partial charge in [-0.05, 0) is 31.6 Å². The average Bonchev–Trinajstić information content (AvgIpc) is 2.85. The summed E-state index contributed by atoms with van der Waals surface area (Å²) in [4.78, 5) is 10.5. The molecule has 0 radical (unpaired) electrons. The molecule has 0 bridgehead atoms. The van der Waals surface area contributed by atoms with E-state index in [0.717, 1.165) is 19.3 Å². The molecule has 0 aromatic heterocycles. The first kappa shape index (κ1) is 17.4. The zero-order valence-corrected chi connectivity index (χ0v) is 12.8. The van der Waals surface area contributed by atoms with Gasteiger partial charge in [-0.25, -0.2) is 13.1 Å². The number of carboxylic acids is 1. The van der Waals surface area contributed by atoms with Gasteiger partial charge in [-0.1, -0.05) is 13.3 Å². The van der Waals surface area contributed by atoms with E-state index in [1.54, 1.807) is 0 Å². The predicted molar refractivity (Wildman–Crippen MR) is 76.0 cm³/mol. The summed E-state index contributed by atoms with van der Waals surface area (Å²) in [6, 6.07) is 0. The molecule has 118 valence electrons. The largest absolute Gasteiger partial charge is 0.481 e. The van der Waals surface area contributed by atoms with Gasteiger partial charge in [-0.3, -0.25) is 4.79 Å². The monoisotopic (exact) mass is 307 g/mol. The number of sulfonamides is 1. The van der Waals surface area contributed by atoms with E-state index in [9.17, 15) is 13.2 Å². The fourth-order valence-electron chi connectivity index (χ4n) is 2.38. The number of hydrogen-bond acceptors (Lipinski definition) is 4. The molecule has 2 N–H and O–H groups in total. The maximum absolute atomic E-state index is 11.8. The second kappa shape index (κ2) is 8.59. The van der Waals surface area contributed by atoms with E-state index < -0.39 is 16.0 Å². The molecule has 0 aromatic carbocycles. The zero-order chi connectivity index (χ0) is 15.0. The average molecular weight is 307 g/mol. The third kappa shape index (κ3) is 7.21. The number of carbonyl (C=O) groups is 1. The van der Waals surface area contributed by atoms with Crippen LogP contribution in [0.25, 0.3) is 0 Å². The van der Waals surface area contributed by atoms with Gasteiger partial charge in [0.15, 0.2) is 0 Å². The summed E-state index contributed by atoms with van der Waals surface area (Å²) in [6.45, 7) is 3.01. The minimum absolute atomic E-state index is 0.0267. The van der Waals surface area contributed by atoms with Crippen LogP contribution in [0.5, 0.6) is 0 Å². The molecule has 20 heavy (non-hydrogen) atoms. The van der Waals surface area contributed by atoms with Crippen molar-refractivity contribution in [2.75, 3.05) is 18.9 Å². The van der Waals surface area contributed by atoms with Crippen LogP contribution in [0, 0.1) is 5.92 Å². The third-order valence-corrected chi connectivity index (χ3v) is 5.10. The normalized spacial score (nSPS) is 20.9. The van der Waals surface area contributed by atoms with E-state index in [0.29, 0.717) is 26.0 Å². The molecule has 1 fully saturated rings. The molecule has 6 nitrogen and oxygen atoms in total. The molecule has 0 saturated carbocycles. The van der Waals surface area contributed by atoms with Crippen molar-refractivity contribution < 1.29 is 23.1 Å². The lowest BCUT2D eigenvalue weighted by molar-refractivity contribution is -0.137. The van der Waals surface area contributed by atoms with Gasteiger partial charge in [0.05, 0.1) is 11.9 Å². The van der Waals surface area contributed by atoms with Crippen molar-refractivity contribution in [2.45, 2.75) is 51.6 Å². The Morgan fingerprint density at radius 1 is 1.45 bits per heavy atom. The number of carboxylic acid groups (broad SMARTS) is 1. The van der Waals surface area contributed by atoms with E-state index in [1.807, 2.05) is 6.92 Å². The van der Waals surface area contributed by atoms with Gasteiger partial charge in [-0.2, -0.15) is 0 Å². The van der Waals surface area contributed by atoms with Gasteiger partial charge >= 0.3 is 5.97 Å². The summed E-state index contributed by atoms with van der Waals surface area (Å²) in [5.41, 5.74) is 0. The van der Waals surface area contributed by atoms with Gasteiger partial charge in [0, 0.05) is 19.6 Å². The molecule has 0 amide bonds. The first-order chi connectivity index (χ1) is 9.43. The van der Waals surface area contributed by atoms with Crippen molar-refractivity contribution in [3.05, 3.63) is 0 Å². The summed E-state index contributed by atoms with van der Waals surface area (Å²) >= 11 is 0. The molecule has 1 aliphatic heterocycles. The van der Waals surface area contributed by atoms with E-state index in [4.69, 9.17) is 9.84 Å².